The van der Waals surface area contributed by atoms with Crippen LogP contribution in [0.1, 0.15) is 46.0 Å². The van der Waals surface area contributed by atoms with E-state index in [2.05, 4.69) is 19.2 Å². The third-order valence-corrected chi connectivity index (χ3v) is 2.80. The maximum absolute atomic E-state index is 5.71. The Balaban J connectivity index is 2.91. The molecule has 1 unspecified atom stereocenters. The second kappa shape index (κ2) is 10.3. The minimum Gasteiger partial charge on any atom is -0.317 e. The monoisotopic (exact) mass is 205 g/mol. The fourth-order valence-corrected chi connectivity index (χ4v) is 1.43. The zero-order chi connectivity index (χ0) is 9.94. The maximum Gasteiger partial charge on any atom is 0.0249 e. The zero-order valence-corrected chi connectivity index (χ0v) is 9.87. The molecule has 0 aromatic rings. The lowest BCUT2D eigenvalue weighted by molar-refractivity contribution is 0.523. The molecule has 0 amide bonds. The van der Waals surface area contributed by atoms with Crippen molar-refractivity contribution >= 4 is 11.6 Å². The normalized spacial score (nSPS) is 13.2. The Morgan fingerprint density at radius 2 is 1.85 bits per heavy atom. The van der Waals surface area contributed by atoms with Crippen LogP contribution in [0.15, 0.2) is 0 Å². The lowest BCUT2D eigenvalue weighted by Gasteiger charge is -2.07. The molecular formula is C11H24ClN. The van der Waals surface area contributed by atoms with Gasteiger partial charge in [-0.3, -0.25) is 0 Å². The molecule has 0 rings (SSSR count). The van der Waals surface area contributed by atoms with Gasteiger partial charge in [-0.2, -0.15) is 0 Å². The van der Waals surface area contributed by atoms with E-state index in [1.807, 2.05) is 0 Å². The van der Waals surface area contributed by atoms with Crippen LogP contribution in [0.25, 0.3) is 0 Å². The van der Waals surface area contributed by atoms with Gasteiger partial charge in [-0.25, -0.2) is 0 Å². The third kappa shape index (κ3) is 10.2. The Hall–Kier alpha value is 0.250. The molecule has 0 heterocycles. The van der Waals surface area contributed by atoms with Crippen LogP contribution in [0.2, 0.25) is 0 Å². The maximum atomic E-state index is 5.71. The average molecular weight is 206 g/mol. The van der Waals surface area contributed by atoms with Crippen LogP contribution < -0.4 is 5.32 Å². The molecule has 0 saturated carbocycles. The highest BCUT2D eigenvalue weighted by molar-refractivity contribution is 6.18. The summed E-state index contributed by atoms with van der Waals surface area (Å²) in [4.78, 5) is 0. The van der Waals surface area contributed by atoms with Crippen LogP contribution in [0, 0.1) is 5.92 Å². The van der Waals surface area contributed by atoms with Crippen molar-refractivity contribution in [3.63, 3.8) is 0 Å². The molecule has 0 aliphatic carbocycles. The topological polar surface area (TPSA) is 12.0 Å². The smallest absolute Gasteiger partial charge is 0.0249 e. The van der Waals surface area contributed by atoms with Gasteiger partial charge in [0.05, 0.1) is 0 Å². The second-order valence-corrected chi connectivity index (χ2v) is 4.17. The zero-order valence-electron chi connectivity index (χ0n) is 9.11. The lowest BCUT2D eigenvalue weighted by Crippen LogP contribution is -2.17. The molecule has 0 fully saturated rings. The molecule has 0 spiro atoms. The molecule has 1 nitrogen and oxygen atoms in total. The first-order chi connectivity index (χ1) is 6.31. The molecule has 1 atom stereocenters. The van der Waals surface area contributed by atoms with Crippen LogP contribution in [-0.4, -0.2) is 19.0 Å². The molecule has 0 radical (unpaired) electrons. The van der Waals surface area contributed by atoms with Crippen LogP contribution in [0.3, 0.4) is 0 Å². The molecule has 0 aromatic heterocycles. The van der Waals surface area contributed by atoms with E-state index in [9.17, 15) is 0 Å². The largest absolute Gasteiger partial charge is 0.317 e. The first kappa shape index (κ1) is 13.2. The predicted octanol–water partition coefficient (Wildman–Crippen LogP) is 3.42. The first-order valence-electron chi connectivity index (χ1n) is 5.58. The van der Waals surface area contributed by atoms with E-state index in [4.69, 9.17) is 11.6 Å². The van der Waals surface area contributed by atoms with E-state index in [1.165, 1.54) is 38.6 Å². The summed E-state index contributed by atoms with van der Waals surface area (Å²) < 4.78 is 0. The number of rotatable bonds is 9. The van der Waals surface area contributed by atoms with E-state index in [0.717, 1.165) is 12.4 Å². The lowest BCUT2D eigenvalue weighted by atomic mass is 10.1. The van der Waals surface area contributed by atoms with E-state index in [0.29, 0.717) is 5.92 Å². The van der Waals surface area contributed by atoms with E-state index in [1.54, 1.807) is 0 Å². The highest BCUT2D eigenvalue weighted by atomic mass is 35.5. The SMILES string of the molecule is CCCCCNCCCC(C)CCl. The minimum atomic E-state index is 0.680. The molecule has 0 aromatic carbocycles. The standard InChI is InChI=1S/C11H24ClN/c1-3-4-5-8-13-9-6-7-11(2)10-12/h11,13H,3-10H2,1-2H3. The Morgan fingerprint density at radius 3 is 2.46 bits per heavy atom. The van der Waals surface area contributed by atoms with Gasteiger partial charge >= 0.3 is 0 Å². The van der Waals surface area contributed by atoms with Crippen molar-refractivity contribution in [3.8, 4) is 0 Å². The third-order valence-electron chi connectivity index (χ3n) is 2.27. The summed E-state index contributed by atoms with van der Waals surface area (Å²) in [6.07, 6.45) is 6.50. The first-order valence-corrected chi connectivity index (χ1v) is 6.11. The summed E-state index contributed by atoms with van der Waals surface area (Å²) in [5.41, 5.74) is 0. The molecule has 1 N–H and O–H groups in total. The van der Waals surface area contributed by atoms with Gasteiger partial charge < -0.3 is 5.32 Å². The van der Waals surface area contributed by atoms with Crippen LogP contribution in [-0.2, 0) is 0 Å². The van der Waals surface area contributed by atoms with Gasteiger partial charge in [0, 0.05) is 5.88 Å². The molecule has 0 bridgehead atoms. The molecule has 80 valence electrons. The summed E-state index contributed by atoms with van der Waals surface area (Å²) in [6, 6.07) is 0. The van der Waals surface area contributed by atoms with Gasteiger partial charge in [-0.1, -0.05) is 26.7 Å². The average Bonchev–Trinajstić information content (AvgIpc) is 2.16. The van der Waals surface area contributed by atoms with Crippen LogP contribution >= 0.6 is 11.6 Å². The van der Waals surface area contributed by atoms with E-state index in [-0.39, 0.29) is 0 Å². The Bertz CT molecular complexity index is 96.1. The van der Waals surface area contributed by atoms with Crippen molar-refractivity contribution in [1.82, 2.24) is 5.32 Å². The Labute approximate surface area is 88.2 Å². The fourth-order valence-electron chi connectivity index (χ4n) is 1.28. The number of halogens is 1. The highest BCUT2D eigenvalue weighted by Crippen LogP contribution is 2.05. The predicted molar refractivity (Wildman–Crippen MR) is 61.5 cm³/mol. The van der Waals surface area contributed by atoms with Gasteiger partial charge in [0.1, 0.15) is 0 Å². The molecule has 0 saturated heterocycles. The summed E-state index contributed by atoms with van der Waals surface area (Å²) in [5, 5.41) is 3.46. The summed E-state index contributed by atoms with van der Waals surface area (Å²) in [7, 11) is 0. The number of nitrogens with one attached hydrogen (secondary N) is 1. The quantitative estimate of drug-likeness (QED) is 0.449. The number of hydrogen-bond acceptors (Lipinski definition) is 1. The molecule has 0 aliphatic heterocycles. The molecule has 13 heavy (non-hydrogen) atoms. The summed E-state index contributed by atoms with van der Waals surface area (Å²) >= 11 is 5.71. The van der Waals surface area contributed by atoms with Crippen molar-refractivity contribution < 1.29 is 0 Å². The number of alkyl halides is 1. The molecular weight excluding hydrogens is 182 g/mol. The van der Waals surface area contributed by atoms with E-state index >= 15 is 0 Å². The summed E-state index contributed by atoms with van der Waals surface area (Å²) in [6.45, 7) is 6.79. The highest BCUT2D eigenvalue weighted by Gasteiger charge is 1.98. The molecule has 2 heteroatoms. The second-order valence-electron chi connectivity index (χ2n) is 3.86. The van der Waals surface area contributed by atoms with Gasteiger partial charge in [0.15, 0.2) is 0 Å². The number of hydrogen-bond donors (Lipinski definition) is 1. The molecule has 0 aliphatic rings. The van der Waals surface area contributed by atoms with Crippen LogP contribution in [0.5, 0.6) is 0 Å². The van der Waals surface area contributed by atoms with Gasteiger partial charge in [0.25, 0.3) is 0 Å². The van der Waals surface area contributed by atoms with Gasteiger partial charge in [-0.05, 0) is 38.3 Å². The van der Waals surface area contributed by atoms with Crippen LogP contribution in [0.4, 0.5) is 0 Å². The van der Waals surface area contributed by atoms with Crippen molar-refractivity contribution in [2.24, 2.45) is 5.92 Å². The summed E-state index contributed by atoms with van der Waals surface area (Å²) in [5.74, 6) is 1.48. The fraction of sp³-hybridized carbons (Fsp3) is 1.00. The van der Waals surface area contributed by atoms with Crippen molar-refractivity contribution in [2.75, 3.05) is 19.0 Å². The Kier molecular flexibility index (Phi) is 10.5. The van der Waals surface area contributed by atoms with Crippen molar-refractivity contribution in [1.29, 1.82) is 0 Å². The number of unbranched alkanes of at least 4 members (excludes halogenated alkanes) is 2. The van der Waals surface area contributed by atoms with Gasteiger partial charge in [-0.15, -0.1) is 11.6 Å². The van der Waals surface area contributed by atoms with Crippen molar-refractivity contribution in [2.45, 2.75) is 46.0 Å². The van der Waals surface area contributed by atoms with Gasteiger partial charge in [0.2, 0.25) is 0 Å². The minimum absolute atomic E-state index is 0.680. The van der Waals surface area contributed by atoms with E-state index < -0.39 is 0 Å². The Morgan fingerprint density at radius 1 is 1.15 bits per heavy atom. The van der Waals surface area contributed by atoms with Crippen molar-refractivity contribution in [3.05, 3.63) is 0 Å².